The summed E-state index contributed by atoms with van der Waals surface area (Å²) >= 11 is 0. The van der Waals surface area contributed by atoms with Crippen molar-refractivity contribution < 1.29 is 4.74 Å². The fourth-order valence-corrected chi connectivity index (χ4v) is 2.33. The first-order valence-electron chi connectivity index (χ1n) is 6.94. The zero-order chi connectivity index (χ0) is 15.2. The van der Waals surface area contributed by atoms with Gasteiger partial charge in [0.15, 0.2) is 0 Å². The number of hydrogen-bond donors (Lipinski definition) is 0. The number of anilines is 1. The van der Waals surface area contributed by atoms with Gasteiger partial charge in [-0.1, -0.05) is 30.3 Å². The molecule has 0 radical (unpaired) electrons. The largest absolute Gasteiger partial charge is 0.496 e. The molecule has 0 N–H and O–H groups in total. The van der Waals surface area contributed by atoms with Gasteiger partial charge in [-0.25, -0.2) is 0 Å². The Morgan fingerprint density at radius 2 is 1.76 bits per heavy atom. The van der Waals surface area contributed by atoms with Gasteiger partial charge in [0.25, 0.3) is 0 Å². The van der Waals surface area contributed by atoms with Gasteiger partial charge in [-0.15, -0.1) is 0 Å². The van der Waals surface area contributed by atoms with Crippen molar-refractivity contribution in [1.82, 2.24) is 0 Å². The first-order chi connectivity index (χ1) is 10.2. The second-order valence-electron chi connectivity index (χ2n) is 5.18. The third kappa shape index (κ3) is 3.55. The normalized spacial score (nSPS) is 11.5. The summed E-state index contributed by atoms with van der Waals surface area (Å²) in [6, 6.07) is 18.4. The molecule has 1 atom stereocenters. The number of benzene rings is 2. The van der Waals surface area contributed by atoms with Crippen LogP contribution < -0.4 is 9.64 Å². The second kappa shape index (κ2) is 6.81. The van der Waals surface area contributed by atoms with E-state index >= 15 is 0 Å². The Balaban J connectivity index is 2.22. The first-order valence-corrected chi connectivity index (χ1v) is 6.94. The van der Waals surface area contributed by atoms with Crippen molar-refractivity contribution in [3.05, 3.63) is 59.7 Å². The molecule has 0 saturated heterocycles. The maximum Gasteiger partial charge on any atom is 0.122 e. The summed E-state index contributed by atoms with van der Waals surface area (Å²) < 4.78 is 5.36. The highest BCUT2D eigenvalue weighted by atomic mass is 16.5. The molecule has 0 aliphatic rings. The molecule has 0 saturated carbocycles. The maximum absolute atomic E-state index is 9.48. The van der Waals surface area contributed by atoms with E-state index in [1.807, 2.05) is 67.5 Å². The number of hydrogen-bond acceptors (Lipinski definition) is 3. The third-order valence-electron chi connectivity index (χ3n) is 3.58. The predicted octanol–water partition coefficient (Wildman–Crippen LogP) is 3.61. The Morgan fingerprint density at radius 3 is 2.33 bits per heavy atom. The lowest BCUT2D eigenvalue weighted by atomic mass is 9.92. The quantitative estimate of drug-likeness (QED) is 0.839. The van der Waals surface area contributed by atoms with Gasteiger partial charge >= 0.3 is 0 Å². The molecule has 2 rings (SSSR count). The average molecular weight is 280 g/mol. The minimum atomic E-state index is -0.169. The van der Waals surface area contributed by atoms with Gasteiger partial charge in [0.1, 0.15) is 5.75 Å². The molecule has 2 aromatic carbocycles. The zero-order valence-electron chi connectivity index (χ0n) is 12.7. The second-order valence-corrected chi connectivity index (χ2v) is 5.18. The van der Waals surface area contributed by atoms with Gasteiger partial charge in [-0.3, -0.25) is 0 Å². The van der Waals surface area contributed by atoms with Crippen molar-refractivity contribution in [1.29, 1.82) is 5.26 Å². The van der Waals surface area contributed by atoms with Gasteiger partial charge in [0.05, 0.1) is 19.1 Å². The van der Waals surface area contributed by atoms with E-state index in [2.05, 4.69) is 6.07 Å². The minimum absolute atomic E-state index is 0.169. The number of ether oxygens (including phenoxy) is 1. The minimum Gasteiger partial charge on any atom is -0.496 e. The molecule has 0 spiro atoms. The summed E-state index contributed by atoms with van der Waals surface area (Å²) in [5.41, 5.74) is 3.23. The van der Waals surface area contributed by atoms with Crippen LogP contribution in [0.25, 0.3) is 0 Å². The van der Waals surface area contributed by atoms with E-state index in [0.29, 0.717) is 6.42 Å². The topological polar surface area (TPSA) is 36.3 Å². The van der Waals surface area contributed by atoms with Crippen LogP contribution in [0.4, 0.5) is 5.69 Å². The highest BCUT2D eigenvalue weighted by molar-refractivity contribution is 5.47. The molecule has 0 bridgehead atoms. The lowest BCUT2D eigenvalue weighted by Gasteiger charge is -2.15. The van der Waals surface area contributed by atoms with Gasteiger partial charge < -0.3 is 9.64 Å². The molecule has 0 aromatic heterocycles. The van der Waals surface area contributed by atoms with Crippen LogP contribution in [0.2, 0.25) is 0 Å². The number of rotatable bonds is 5. The lowest BCUT2D eigenvalue weighted by Crippen LogP contribution is -2.09. The van der Waals surface area contributed by atoms with Crippen LogP contribution in [-0.4, -0.2) is 21.2 Å². The van der Waals surface area contributed by atoms with Crippen LogP contribution in [0, 0.1) is 11.3 Å². The molecule has 0 aliphatic heterocycles. The highest BCUT2D eigenvalue weighted by Crippen LogP contribution is 2.27. The molecule has 1 unspecified atom stereocenters. The number of methoxy groups -OCH3 is 1. The van der Waals surface area contributed by atoms with E-state index in [9.17, 15) is 5.26 Å². The number of nitriles is 1. The molecule has 0 fully saturated rings. The van der Waals surface area contributed by atoms with Crippen molar-refractivity contribution >= 4 is 5.69 Å². The summed E-state index contributed by atoms with van der Waals surface area (Å²) in [4.78, 5) is 2.05. The Kier molecular flexibility index (Phi) is 4.84. The van der Waals surface area contributed by atoms with Crippen molar-refractivity contribution in [2.24, 2.45) is 0 Å². The van der Waals surface area contributed by atoms with Crippen molar-refractivity contribution in [3.63, 3.8) is 0 Å². The van der Waals surface area contributed by atoms with Crippen LogP contribution in [-0.2, 0) is 6.42 Å². The molecule has 21 heavy (non-hydrogen) atoms. The molecular weight excluding hydrogens is 260 g/mol. The first kappa shape index (κ1) is 14.9. The van der Waals surface area contributed by atoms with Gasteiger partial charge in [-0.05, 0) is 35.7 Å². The zero-order valence-corrected chi connectivity index (χ0v) is 12.7. The predicted molar refractivity (Wildman–Crippen MR) is 85.8 cm³/mol. The van der Waals surface area contributed by atoms with E-state index in [-0.39, 0.29) is 5.92 Å². The summed E-state index contributed by atoms with van der Waals surface area (Å²) in [5, 5.41) is 9.48. The Hall–Kier alpha value is -2.47. The highest BCUT2D eigenvalue weighted by Gasteiger charge is 2.14. The van der Waals surface area contributed by atoms with Gasteiger partial charge in [-0.2, -0.15) is 5.26 Å². The van der Waals surface area contributed by atoms with Crippen LogP contribution >= 0.6 is 0 Å². The van der Waals surface area contributed by atoms with Gasteiger partial charge in [0, 0.05) is 19.8 Å². The lowest BCUT2D eigenvalue weighted by molar-refractivity contribution is 0.409. The van der Waals surface area contributed by atoms with Gasteiger partial charge in [0.2, 0.25) is 0 Å². The third-order valence-corrected chi connectivity index (χ3v) is 3.58. The SMILES string of the molecule is COc1ccccc1CC(C#N)c1ccc(N(C)C)cc1. The van der Waals surface area contributed by atoms with Crippen LogP contribution in [0.5, 0.6) is 5.75 Å². The number of para-hydroxylation sites is 1. The molecule has 0 heterocycles. The maximum atomic E-state index is 9.48. The van der Waals surface area contributed by atoms with E-state index in [0.717, 1.165) is 22.6 Å². The monoisotopic (exact) mass is 280 g/mol. The summed E-state index contributed by atoms with van der Waals surface area (Å²) in [6.45, 7) is 0. The van der Waals surface area contributed by atoms with E-state index < -0.39 is 0 Å². The molecule has 2 aromatic rings. The molecular formula is C18H20N2O. The molecule has 108 valence electrons. The fourth-order valence-electron chi connectivity index (χ4n) is 2.33. The van der Waals surface area contributed by atoms with Crippen LogP contribution in [0.15, 0.2) is 48.5 Å². The molecule has 3 nitrogen and oxygen atoms in total. The van der Waals surface area contributed by atoms with E-state index in [1.54, 1.807) is 7.11 Å². The average Bonchev–Trinajstić information content (AvgIpc) is 2.53. The molecule has 0 amide bonds. The van der Waals surface area contributed by atoms with Crippen LogP contribution in [0.1, 0.15) is 17.0 Å². The summed E-state index contributed by atoms with van der Waals surface area (Å²) in [6.07, 6.45) is 0.655. The van der Waals surface area contributed by atoms with E-state index in [4.69, 9.17) is 4.74 Å². The van der Waals surface area contributed by atoms with Crippen molar-refractivity contribution in [2.75, 3.05) is 26.1 Å². The summed E-state index contributed by atoms with van der Waals surface area (Å²) in [7, 11) is 5.67. The van der Waals surface area contributed by atoms with Crippen molar-refractivity contribution in [3.8, 4) is 11.8 Å². The Morgan fingerprint density at radius 1 is 1.10 bits per heavy atom. The molecule has 3 heteroatoms. The summed E-state index contributed by atoms with van der Waals surface area (Å²) in [5.74, 6) is 0.667. The van der Waals surface area contributed by atoms with Crippen LogP contribution in [0.3, 0.4) is 0 Å². The van der Waals surface area contributed by atoms with Crippen molar-refractivity contribution in [2.45, 2.75) is 12.3 Å². The Labute approximate surface area is 126 Å². The fraction of sp³-hybridized carbons (Fsp3) is 0.278. The van der Waals surface area contributed by atoms with E-state index in [1.165, 1.54) is 0 Å². The smallest absolute Gasteiger partial charge is 0.122 e. The Bertz CT molecular complexity index is 626. The molecule has 0 aliphatic carbocycles. The standard InChI is InChI=1S/C18H20N2O/c1-20(2)17-10-8-14(9-11-17)16(13-19)12-15-6-4-5-7-18(15)21-3/h4-11,16H,12H2,1-3H3. The number of nitrogens with zero attached hydrogens (tertiary/aromatic N) is 2.